The molecule has 0 spiro atoms. The highest BCUT2D eigenvalue weighted by molar-refractivity contribution is 8.17. The lowest BCUT2D eigenvalue weighted by atomic mass is 10.1. The Kier molecular flexibility index (Phi) is 3.61. The number of carbonyl (C=O) groups is 1. The number of carbonyl (C=O) groups excluding carboxylic acids is 1. The highest BCUT2D eigenvalue weighted by Gasteiger charge is 2.36. The molecule has 0 bridgehead atoms. The van der Waals surface area contributed by atoms with Crippen molar-refractivity contribution in [1.29, 1.82) is 5.41 Å². The van der Waals surface area contributed by atoms with Crippen molar-refractivity contribution in [2.24, 2.45) is 4.99 Å². The minimum atomic E-state index is -0.417. The molecule has 2 aromatic carbocycles. The summed E-state index contributed by atoms with van der Waals surface area (Å²) in [6.45, 7) is 0.188. The third kappa shape index (κ3) is 2.63. The molecular weight excluding hydrogens is 362 g/mol. The average Bonchev–Trinajstić information content (AvgIpc) is 3.32. The smallest absolute Gasteiger partial charge is 0.283 e. The van der Waals surface area contributed by atoms with Crippen LogP contribution in [0, 0.1) is 5.41 Å². The van der Waals surface area contributed by atoms with Gasteiger partial charge in [0.25, 0.3) is 5.91 Å². The van der Waals surface area contributed by atoms with Gasteiger partial charge in [0.05, 0.1) is 11.3 Å². The summed E-state index contributed by atoms with van der Waals surface area (Å²) in [6.07, 6.45) is 1.67. The number of fused-ring (bicyclic) bond motifs is 2. The Morgan fingerprint density at radius 1 is 1.11 bits per heavy atom. The van der Waals surface area contributed by atoms with E-state index in [-0.39, 0.29) is 18.2 Å². The van der Waals surface area contributed by atoms with Gasteiger partial charge in [-0.05, 0) is 29.3 Å². The van der Waals surface area contributed by atoms with Crippen LogP contribution in [0.25, 0.3) is 11.8 Å². The first-order valence-corrected chi connectivity index (χ1v) is 9.14. The summed E-state index contributed by atoms with van der Waals surface area (Å²) in [7, 11) is 0. The zero-order valence-corrected chi connectivity index (χ0v) is 14.8. The van der Waals surface area contributed by atoms with Crippen LogP contribution >= 0.6 is 11.8 Å². The van der Waals surface area contributed by atoms with Crippen molar-refractivity contribution < 1.29 is 14.3 Å². The Labute approximate surface area is 159 Å². The molecule has 0 fully saturated rings. The van der Waals surface area contributed by atoms with Crippen LogP contribution in [0.1, 0.15) is 11.1 Å². The van der Waals surface area contributed by atoms with Crippen LogP contribution in [-0.2, 0) is 4.79 Å². The van der Waals surface area contributed by atoms with E-state index in [0.717, 1.165) is 16.8 Å². The minimum absolute atomic E-state index is 0.114. The lowest BCUT2D eigenvalue weighted by Gasteiger charge is -2.26. The third-order valence-electron chi connectivity index (χ3n) is 4.39. The number of nitrogens with zero attached hydrogens (tertiary/aromatic N) is 2. The number of rotatable bonds is 2. The van der Waals surface area contributed by atoms with Gasteiger partial charge < -0.3 is 9.47 Å². The Bertz CT molecular complexity index is 1070. The molecule has 27 heavy (non-hydrogen) atoms. The van der Waals surface area contributed by atoms with E-state index in [2.05, 4.69) is 4.99 Å². The maximum Gasteiger partial charge on any atom is 0.283 e. The first-order valence-electron chi connectivity index (χ1n) is 8.26. The number of benzene rings is 2. The van der Waals surface area contributed by atoms with Crippen LogP contribution in [0.15, 0.2) is 64.5 Å². The maximum absolute atomic E-state index is 12.5. The minimum Gasteiger partial charge on any atom is -0.454 e. The standard InChI is InChI=1S/C20H13N3O3S/c21-18-14(8-12-6-7-16-17(9-12)26-11-25-16)19(24)22-20-23(18)15(10-27-20)13-4-2-1-3-5-13/h1-10,21H,11H2. The van der Waals surface area contributed by atoms with Gasteiger partial charge in [-0.3, -0.25) is 15.1 Å². The van der Waals surface area contributed by atoms with Crippen molar-refractivity contribution >= 4 is 40.4 Å². The van der Waals surface area contributed by atoms with Gasteiger partial charge >= 0.3 is 0 Å². The third-order valence-corrected chi connectivity index (χ3v) is 5.22. The predicted octanol–water partition coefficient (Wildman–Crippen LogP) is 3.72. The highest BCUT2D eigenvalue weighted by atomic mass is 32.2. The SMILES string of the molecule is N=C1C(=Cc2ccc3c(c2)OCO3)C(=O)N=C2SC=C(c3ccccc3)N12. The van der Waals surface area contributed by atoms with E-state index < -0.39 is 5.91 Å². The van der Waals surface area contributed by atoms with Crippen molar-refractivity contribution in [3.05, 3.63) is 70.6 Å². The van der Waals surface area contributed by atoms with E-state index in [9.17, 15) is 4.79 Å². The Morgan fingerprint density at radius 2 is 1.93 bits per heavy atom. The normalized spacial score (nSPS) is 19.3. The number of hydrogen-bond acceptors (Lipinski definition) is 5. The molecule has 0 saturated heterocycles. The fourth-order valence-electron chi connectivity index (χ4n) is 3.08. The number of nitrogens with one attached hydrogen (secondary N) is 1. The van der Waals surface area contributed by atoms with Gasteiger partial charge in [-0.2, -0.15) is 4.99 Å². The molecule has 0 aliphatic carbocycles. The molecule has 5 rings (SSSR count). The summed E-state index contributed by atoms with van der Waals surface area (Å²) in [5.74, 6) is 1.000. The molecular formula is C20H13N3O3S. The van der Waals surface area contributed by atoms with Crippen LogP contribution < -0.4 is 9.47 Å². The highest BCUT2D eigenvalue weighted by Crippen LogP contribution is 2.38. The number of hydrogen-bond donors (Lipinski definition) is 1. The quantitative estimate of drug-likeness (QED) is 0.810. The molecule has 0 aromatic heterocycles. The number of aliphatic imine (C=N–C) groups is 1. The molecule has 1 amide bonds. The van der Waals surface area contributed by atoms with Crippen LogP contribution in [0.5, 0.6) is 11.5 Å². The molecule has 0 atom stereocenters. The van der Waals surface area contributed by atoms with E-state index in [1.165, 1.54) is 11.8 Å². The zero-order chi connectivity index (χ0) is 18.4. The molecule has 2 aromatic rings. The average molecular weight is 375 g/mol. The second-order valence-electron chi connectivity index (χ2n) is 6.04. The van der Waals surface area contributed by atoms with E-state index in [0.29, 0.717) is 16.7 Å². The van der Waals surface area contributed by atoms with Gasteiger partial charge in [-0.1, -0.05) is 48.2 Å². The van der Waals surface area contributed by atoms with Crippen molar-refractivity contribution in [3.63, 3.8) is 0 Å². The van der Waals surface area contributed by atoms with Crippen molar-refractivity contribution in [2.45, 2.75) is 0 Å². The Balaban J connectivity index is 1.53. The van der Waals surface area contributed by atoms with E-state index in [1.807, 2.05) is 41.8 Å². The summed E-state index contributed by atoms with van der Waals surface area (Å²) in [5, 5.41) is 11.1. The summed E-state index contributed by atoms with van der Waals surface area (Å²) in [6, 6.07) is 15.2. The van der Waals surface area contributed by atoms with Crippen molar-refractivity contribution in [1.82, 2.24) is 4.90 Å². The molecule has 6 nitrogen and oxygen atoms in total. The van der Waals surface area contributed by atoms with Gasteiger partial charge in [0, 0.05) is 5.41 Å². The second-order valence-corrected chi connectivity index (χ2v) is 6.88. The topological polar surface area (TPSA) is 75.0 Å². The monoisotopic (exact) mass is 375 g/mol. The van der Waals surface area contributed by atoms with Gasteiger partial charge in [0.1, 0.15) is 5.84 Å². The van der Waals surface area contributed by atoms with E-state index in [1.54, 1.807) is 23.1 Å². The molecule has 3 heterocycles. The predicted molar refractivity (Wildman–Crippen MR) is 105 cm³/mol. The molecule has 0 unspecified atom stereocenters. The molecule has 1 N–H and O–H groups in total. The zero-order valence-electron chi connectivity index (χ0n) is 14.0. The van der Waals surface area contributed by atoms with Gasteiger partial charge in [-0.15, -0.1) is 0 Å². The lowest BCUT2D eigenvalue weighted by Crippen LogP contribution is -2.38. The molecule has 3 aliphatic heterocycles. The summed E-state index contributed by atoms with van der Waals surface area (Å²) in [4.78, 5) is 18.4. The summed E-state index contributed by atoms with van der Waals surface area (Å²) >= 11 is 1.35. The first-order chi connectivity index (χ1) is 13.2. The number of amides is 1. The molecule has 132 valence electrons. The van der Waals surface area contributed by atoms with Crippen LogP contribution in [-0.4, -0.2) is 28.6 Å². The van der Waals surface area contributed by atoms with Gasteiger partial charge in [-0.25, -0.2) is 0 Å². The second kappa shape index (κ2) is 6.14. The van der Waals surface area contributed by atoms with Gasteiger partial charge in [0.2, 0.25) is 6.79 Å². The summed E-state index contributed by atoms with van der Waals surface area (Å²) < 4.78 is 10.7. The van der Waals surface area contributed by atoms with E-state index in [4.69, 9.17) is 14.9 Å². The molecule has 7 heteroatoms. The molecule has 0 saturated carbocycles. The Morgan fingerprint density at radius 3 is 2.78 bits per heavy atom. The maximum atomic E-state index is 12.5. The largest absolute Gasteiger partial charge is 0.454 e. The molecule has 0 radical (unpaired) electrons. The Hall–Kier alpha value is -3.32. The number of thioether (sulfide) groups is 1. The van der Waals surface area contributed by atoms with E-state index >= 15 is 0 Å². The number of ether oxygens (including phenoxy) is 2. The number of amidine groups is 2. The summed E-state index contributed by atoms with van der Waals surface area (Å²) in [5.41, 5.74) is 2.80. The fraction of sp³-hybridized carbons (Fsp3) is 0.0500. The first kappa shape index (κ1) is 15.9. The van der Waals surface area contributed by atoms with Gasteiger partial charge in [0.15, 0.2) is 16.7 Å². The van der Waals surface area contributed by atoms with Crippen molar-refractivity contribution in [2.75, 3.05) is 6.79 Å². The fourth-order valence-corrected chi connectivity index (χ4v) is 3.97. The van der Waals surface area contributed by atoms with Crippen LogP contribution in [0.2, 0.25) is 0 Å². The molecule has 3 aliphatic rings. The lowest BCUT2D eigenvalue weighted by molar-refractivity contribution is -0.114. The van der Waals surface area contributed by atoms with Crippen LogP contribution in [0.4, 0.5) is 0 Å². The van der Waals surface area contributed by atoms with Crippen LogP contribution in [0.3, 0.4) is 0 Å². The van der Waals surface area contributed by atoms with Crippen molar-refractivity contribution in [3.8, 4) is 11.5 Å².